The quantitative estimate of drug-likeness (QED) is 0.711. The number of rotatable bonds is 3. The van der Waals surface area contributed by atoms with Gasteiger partial charge in [-0.1, -0.05) is 48.0 Å². The number of esters is 1. The Morgan fingerprint density at radius 3 is 2.66 bits per heavy atom. The van der Waals surface area contributed by atoms with Gasteiger partial charge in [-0.15, -0.1) is 0 Å². The highest BCUT2D eigenvalue weighted by Crippen LogP contribution is 2.44. The van der Waals surface area contributed by atoms with Gasteiger partial charge in [0.2, 0.25) is 0 Å². The molecule has 1 fully saturated rings. The molecule has 8 heteroatoms. The number of benzene rings is 2. The summed E-state index contributed by atoms with van der Waals surface area (Å²) in [5.41, 5.74) is 2.93. The summed E-state index contributed by atoms with van der Waals surface area (Å²) < 4.78 is 17.8. The van der Waals surface area contributed by atoms with E-state index < -0.39 is 24.4 Å². The zero-order valence-electron chi connectivity index (χ0n) is 17.7. The van der Waals surface area contributed by atoms with Crippen molar-refractivity contribution in [2.45, 2.75) is 50.4 Å². The van der Waals surface area contributed by atoms with Crippen LogP contribution >= 0.6 is 11.6 Å². The largest absolute Gasteiger partial charge is 0.453 e. The van der Waals surface area contributed by atoms with E-state index >= 15 is 0 Å². The zero-order valence-corrected chi connectivity index (χ0v) is 18.5. The highest BCUT2D eigenvalue weighted by atomic mass is 35.5. The van der Waals surface area contributed by atoms with E-state index in [1.807, 2.05) is 11.0 Å². The minimum Gasteiger partial charge on any atom is -0.453 e. The summed E-state index contributed by atoms with van der Waals surface area (Å²) in [5, 5.41) is 11.2. The lowest BCUT2D eigenvalue weighted by molar-refractivity contribution is -0.155. The molecule has 32 heavy (non-hydrogen) atoms. The van der Waals surface area contributed by atoms with Crippen LogP contribution in [0.5, 0.6) is 0 Å². The van der Waals surface area contributed by atoms with Gasteiger partial charge in [0.05, 0.1) is 12.2 Å². The minimum absolute atomic E-state index is 0.270. The third kappa shape index (κ3) is 3.85. The Bertz CT molecular complexity index is 1030. The second-order valence-corrected chi connectivity index (χ2v) is 8.85. The predicted molar refractivity (Wildman–Crippen MR) is 118 cm³/mol. The SMILES string of the molecule is CC(=O)OC(c1ccc(Cl)cc1)C1OC(N2CCC3(CC2)OCc2ccccc23)=NC1O. The molecule has 3 aliphatic rings. The van der Waals surface area contributed by atoms with Gasteiger partial charge in [0.15, 0.2) is 18.4 Å². The molecule has 3 aliphatic heterocycles. The average molecular weight is 457 g/mol. The van der Waals surface area contributed by atoms with Crippen molar-refractivity contribution >= 4 is 23.6 Å². The number of nitrogens with zero attached hydrogens (tertiary/aromatic N) is 2. The molecular formula is C24H25ClN2O5. The summed E-state index contributed by atoms with van der Waals surface area (Å²) in [4.78, 5) is 18.1. The molecule has 0 amide bonds. The number of halogens is 1. The third-order valence-electron chi connectivity index (χ3n) is 6.42. The van der Waals surface area contributed by atoms with Gasteiger partial charge in [0.1, 0.15) is 0 Å². The Hall–Kier alpha value is -2.61. The standard InChI is InChI=1S/C24H25ClN2O5/c1-15(28)31-20(16-6-8-18(25)9-7-16)21-22(29)26-23(32-21)27-12-10-24(11-13-27)19-5-3-2-4-17(19)14-30-24/h2-9,20-22,29H,10-14H2,1H3. The second-order valence-electron chi connectivity index (χ2n) is 8.42. The van der Waals surface area contributed by atoms with Gasteiger partial charge in [0.25, 0.3) is 6.02 Å². The van der Waals surface area contributed by atoms with Crippen LogP contribution in [0.1, 0.15) is 42.6 Å². The number of aliphatic imine (C=N–C) groups is 1. The van der Waals surface area contributed by atoms with Crippen molar-refractivity contribution in [1.29, 1.82) is 0 Å². The monoisotopic (exact) mass is 456 g/mol. The molecule has 5 rings (SSSR count). The fourth-order valence-corrected chi connectivity index (χ4v) is 4.91. The van der Waals surface area contributed by atoms with Crippen molar-refractivity contribution in [2.75, 3.05) is 13.1 Å². The van der Waals surface area contributed by atoms with E-state index in [0.29, 0.717) is 36.3 Å². The Morgan fingerprint density at radius 2 is 1.94 bits per heavy atom. The molecule has 0 aliphatic carbocycles. The summed E-state index contributed by atoms with van der Waals surface area (Å²) in [6.45, 7) is 3.34. The molecule has 3 unspecified atom stereocenters. The van der Waals surface area contributed by atoms with E-state index in [9.17, 15) is 9.90 Å². The lowest BCUT2D eigenvalue weighted by Crippen LogP contribution is -2.45. The molecule has 3 atom stereocenters. The summed E-state index contributed by atoms with van der Waals surface area (Å²) in [7, 11) is 0. The number of fused-ring (bicyclic) bond motifs is 2. The van der Waals surface area contributed by atoms with Gasteiger partial charge < -0.3 is 24.2 Å². The number of carbonyl (C=O) groups excluding carboxylic acids is 1. The Kier molecular flexibility index (Phi) is 5.57. The molecule has 1 N–H and O–H groups in total. The molecule has 7 nitrogen and oxygen atoms in total. The van der Waals surface area contributed by atoms with Crippen LogP contribution < -0.4 is 0 Å². The molecule has 2 aromatic rings. The number of amidine groups is 1. The molecule has 0 aromatic heterocycles. The van der Waals surface area contributed by atoms with E-state index in [-0.39, 0.29) is 5.60 Å². The van der Waals surface area contributed by atoms with Gasteiger partial charge in [-0.2, -0.15) is 4.99 Å². The van der Waals surface area contributed by atoms with E-state index in [1.54, 1.807) is 24.3 Å². The number of hydrogen-bond acceptors (Lipinski definition) is 7. The Balaban J connectivity index is 1.29. The summed E-state index contributed by atoms with van der Waals surface area (Å²) in [6.07, 6.45) is -1.18. The third-order valence-corrected chi connectivity index (χ3v) is 6.67. The van der Waals surface area contributed by atoms with E-state index in [1.165, 1.54) is 18.1 Å². The van der Waals surface area contributed by atoms with Gasteiger partial charge in [-0.05, 0) is 41.7 Å². The van der Waals surface area contributed by atoms with Crippen molar-refractivity contribution in [2.24, 2.45) is 4.99 Å². The maximum absolute atomic E-state index is 11.7. The number of ether oxygens (including phenoxy) is 3. The minimum atomic E-state index is -1.15. The van der Waals surface area contributed by atoms with Crippen LogP contribution in [0.3, 0.4) is 0 Å². The number of aliphatic hydroxyl groups excluding tert-OH is 1. The maximum atomic E-state index is 11.7. The van der Waals surface area contributed by atoms with Crippen LogP contribution in [0.15, 0.2) is 53.5 Å². The smallest absolute Gasteiger partial charge is 0.303 e. The van der Waals surface area contributed by atoms with Crippen molar-refractivity contribution in [3.63, 3.8) is 0 Å². The zero-order chi connectivity index (χ0) is 22.3. The number of likely N-dealkylation sites (tertiary alicyclic amines) is 1. The summed E-state index contributed by atoms with van der Waals surface area (Å²) in [6, 6.07) is 15.7. The van der Waals surface area contributed by atoms with E-state index in [0.717, 1.165) is 12.8 Å². The molecule has 1 spiro atoms. The molecule has 0 saturated carbocycles. The van der Waals surface area contributed by atoms with Crippen LogP contribution in [0.25, 0.3) is 0 Å². The molecule has 2 aromatic carbocycles. The van der Waals surface area contributed by atoms with Gasteiger partial charge in [0, 0.05) is 25.0 Å². The first-order chi connectivity index (χ1) is 15.4. The molecular weight excluding hydrogens is 432 g/mol. The second kappa shape index (κ2) is 8.39. The predicted octanol–water partition coefficient (Wildman–Crippen LogP) is 3.54. The van der Waals surface area contributed by atoms with Crippen molar-refractivity contribution < 1.29 is 24.1 Å². The van der Waals surface area contributed by atoms with Crippen LogP contribution in [-0.4, -0.2) is 47.4 Å². The molecule has 3 heterocycles. The highest BCUT2D eigenvalue weighted by molar-refractivity contribution is 6.30. The number of hydrogen-bond donors (Lipinski definition) is 1. The number of aliphatic hydroxyl groups is 1. The average Bonchev–Trinajstić information content (AvgIpc) is 3.35. The first-order valence-electron chi connectivity index (χ1n) is 10.8. The summed E-state index contributed by atoms with van der Waals surface area (Å²) in [5.74, 6) is -0.467. The van der Waals surface area contributed by atoms with Crippen molar-refractivity contribution in [3.8, 4) is 0 Å². The van der Waals surface area contributed by atoms with Crippen LogP contribution in [0, 0.1) is 0 Å². The topological polar surface area (TPSA) is 80.6 Å². The fourth-order valence-electron chi connectivity index (χ4n) is 4.79. The Labute approximate surface area is 191 Å². The van der Waals surface area contributed by atoms with Crippen LogP contribution in [0.4, 0.5) is 0 Å². The lowest BCUT2D eigenvalue weighted by Gasteiger charge is -2.39. The van der Waals surface area contributed by atoms with Crippen LogP contribution in [-0.2, 0) is 31.2 Å². The molecule has 168 valence electrons. The number of piperidine rings is 1. The van der Waals surface area contributed by atoms with E-state index in [2.05, 4.69) is 23.2 Å². The molecule has 1 saturated heterocycles. The molecule has 0 radical (unpaired) electrons. The van der Waals surface area contributed by atoms with Crippen LogP contribution in [0.2, 0.25) is 5.02 Å². The normalized spacial score (nSPS) is 24.6. The van der Waals surface area contributed by atoms with Crippen molar-refractivity contribution in [3.05, 3.63) is 70.2 Å². The van der Waals surface area contributed by atoms with Crippen molar-refractivity contribution in [1.82, 2.24) is 4.90 Å². The first kappa shape index (κ1) is 21.2. The molecule has 0 bridgehead atoms. The Morgan fingerprint density at radius 1 is 1.22 bits per heavy atom. The lowest BCUT2D eigenvalue weighted by atomic mass is 9.84. The maximum Gasteiger partial charge on any atom is 0.303 e. The summed E-state index contributed by atoms with van der Waals surface area (Å²) >= 11 is 5.99. The van der Waals surface area contributed by atoms with Gasteiger partial charge >= 0.3 is 5.97 Å². The highest BCUT2D eigenvalue weighted by Gasteiger charge is 2.46. The fraction of sp³-hybridized carbons (Fsp3) is 0.417. The number of carbonyl (C=O) groups is 1. The first-order valence-corrected chi connectivity index (χ1v) is 11.2. The van der Waals surface area contributed by atoms with E-state index in [4.69, 9.17) is 25.8 Å². The van der Waals surface area contributed by atoms with Gasteiger partial charge in [-0.25, -0.2) is 0 Å². The van der Waals surface area contributed by atoms with Gasteiger partial charge in [-0.3, -0.25) is 4.79 Å².